The SMILES string of the molecule is CN=C(NCCNS(=O)(=O)c1cccs1)NC(C)c1ccc(C)c(F)c1.I. The summed E-state index contributed by atoms with van der Waals surface area (Å²) in [6, 6.07) is 8.19. The van der Waals surface area contributed by atoms with Crippen LogP contribution >= 0.6 is 35.3 Å². The molecule has 150 valence electrons. The summed E-state index contributed by atoms with van der Waals surface area (Å²) in [5.41, 5.74) is 1.40. The van der Waals surface area contributed by atoms with Crippen molar-refractivity contribution in [3.63, 3.8) is 0 Å². The molecule has 0 saturated carbocycles. The van der Waals surface area contributed by atoms with Gasteiger partial charge >= 0.3 is 0 Å². The van der Waals surface area contributed by atoms with E-state index in [-0.39, 0.29) is 46.6 Å². The van der Waals surface area contributed by atoms with Crippen molar-refractivity contribution in [2.45, 2.75) is 24.1 Å². The summed E-state index contributed by atoms with van der Waals surface area (Å²) >= 11 is 1.17. The third-order valence-electron chi connectivity index (χ3n) is 3.74. The lowest BCUT2D eigenvalue weighted by atomic mass is 10.1. The second kappa shape index (κ2) is 10.9. The minimum atomic E-state index is -3.47. The van der Waals surface area contributed by atoms with Gasteiger partial charge in [-0.05, 0) is 42.5 Å². The van der Waals surface area contributed by atoms with Crippen LogP contribution in [0, 0.1) is 12.7 Å². The standard InChI is InChI=1S/C17H23FN4O2S2.HI/c1-12-6-7-14(11-15(12)18)13(2)22-17(19-3)20-8-9-21-26(23,24)16-5-4-10-25-16;/h4-7,10-11,13,21H,8-9H2,1-3H3,(H2,19,20,22);1H. The average molecular weight is 526 g/mol. The van der Waals surface area contributed by atoms with Crippen molar-refractivity contribution in [1.29, 1.82) is 0 Å². The number of halogens is 2. The molecule has 2 rings (SSSR count). The Morgan fingerprint density at radius 3 is 2.63 bits per heavy atom. The fourth-order valence-electron chi connectivity index (χ4n) is 2.22. The summed E-state index contributed by atoms with van der Waals surface area (Å²) in [5, 5.41) is 7.90. The molecule has 0 spiro atoms. The fraction of sp³-hybridized carbons (Fsp3) is 0.353. The first kappa shape index (κ1) is 23.8. The third kappa shape index (κ3) is 7.01. The van der Waals surface area contributed by atoms with Gasteiger partial charge in [0, 0.05) is 20.1 Å². The van der Waals surface area contributed by atoms with Gasteiger partial charge in [-0.1, -0.05) is 18.2 Å². The van der Waals surface area contributed by atoms with Crippen LogP contribution in [0.5, 0.6) is 0 Å². The van der Waals surface area contributed by atoms with Crippen molar-refractivity contribution in [3.8, 4) is 0 Å². The molecule has 1 unspecified atom stereocenters. The molecule has 0 aliphatic heterocycles. The normalized spacial score (nSPS) is 13.0. The zero-order chi connectivity index (χ0) is 19.2. The van der Waals surface area contributed by atoms with Crippen LogP contribution in [0.15, 0.2) is 44.9 Å². The second-order valence-corrected chi connectivity index (χ2v) is 8.64. The molecular formula is C17H24FIN4O2S2. The van der Waals surface area contributed by atoms with Crippen molar-refractivity contribution < 1.29 is 12.8 Å². The third-order valence-corrected chi connectivity index (χ3v) is 6.60. The van der Waals surface area contributed by atoms with Gasteiger partial charge in [-0.15, -0.1) is 35.3 Å². The summed E-state index contributed by atoms with van der Waals surface area (Å²) in [7, 11) is -1.85. The first-order valence-corrected chi connectivity index (χ1v) is 10.5. The van der Waals surface area contributed by atoms with Gasteiger partial charge in [0.15, 0.2) is 5.96 Å². The largest absolute Gasteiger partial charge is 0.355 e. The monoisotopic (exact) mass is 526 g/mol. The maximum absolute atomic E-state index is 13.7. The summed E-state index contributed by atoms with van der Waals surface area (Å²) in [6.07, 6.45) is 0. The molecule has 1 aromatic carbocycles. The number of thiophene rings is 1. The number of benzene rings is 1. The number of hydrogen-bond acceptors (Lipinski definition) is 4. The van der Waals surface area contributed by atoms with Crippen molar-refractivity contribution in [2.24, 2.45) is 4.99 Å². The molecule has 0 amide bonds. The maximum atomic E-state index is 13.7. The van der Waals surface area contributed by atoms with Crippen LogP contribution < -0.4 is 15.4 Å². The highest BCUT2D eigenvalue weighted by molar-refractivity contribution is 14.0. The van der Waals surface area contributed by atoms with Crippen LogP contribution in [-0.2, 0) is 10.0 Å². The zero-order valence-corrected chi connectivity index (χ0v) is 19.3. The molecule has 1 aromatic heterocycles. The van der Waals surface area contributed by atoms with Crippen LogP contribution in [0.3, 0.4) is 0 Å². The first-order chi connectivity index (χ1) is 12.3. The highest BCUT2D eigenvalue weighted by Crippen LogP contribution is 2.16. The van der Waals surface area contributed by atoms with E-state index in [0.29, 0.717) is 18.1 Å². The predicted octanol–water partition coefficient (Wildman–Crippen LogP) is 3.02. The average Bonchev–Trinajstić information content (AvgIpc) is 3.15. The predicted molar refractivity (Wildman–Crippen MR) is 119 cm³/mol. The lowest BCUT2D eigenvalue weighted by Crippen LogP contribution is -2.42. The van der Waals surface area contributed by atoms with Crippen LogP contribution in [0.4, 0.5) is 4.39 Å². The Bertz CT molecular complexity index is 858. The Morgan fingerprint density at radius 2 is 2.04 bits per heavy atom. The molecule has 0 aliphatic rings. The lowest BCUT2D eigenvalue weighted by Gasteiger charge is -2.18. The number of nitrogens with zero attached hydrogens (tertiary/aromatic N) is 1. The summed E-state index contributed by atoms with van der Waals surface area (Å²) < 4.78 is 40.6. The quantitative estimate of drug-likeness (QED) is 0.224. The number of guanidine groups is 1. The fourth-order valence-corrected chi connectivity index (χ4v) is 4.28. The van der Waals surface area contributed by atoms with Crippen molar-refractivity contribution in [1.82, 2.24) is 15.4 Å². The minimum absolute atomic E-state index is 0. The van der Waals surface area contributed by atoms with E-state index in [1.807, 2.05) is 13.0 Å². The van der Waals surface area contributed by atoms with Crippen LogP contribution in [0.1, 0.15) is 24.1 Å². The zero-order valence-electron chi connectivity index (χ0n) is 15.3. The molecule has 6 nitrogen and oxygen atoms in total. The molecule has 1 atom stereocenters. The van der Waals surface area contributed by atoms with Crippen LogP contribution in [0.2, 0.25) is 0 Å². The number of nitrogens with one attached hydrogen (secondary N) is 3. The number of sulfonamides is 1. The topological polar surface area (TPSA) is 82.6 Å². The number of aryl methyl sites for hydroxylation is 1. The lowest BCUT2D eigenvalue weighted by molar-refractivity contribution is 0.582. The van der Waals surface area contributed by atoms with E-state index >= 15 is 0 Å². The molecule has 2 aromatic rings. The van der Waals surface area contributed by atoms with Gasteiger partial charge in [-0.2, -0.15) is 0 Å². The van der Waals surface area contributed by atoms with E-state index < -0.39 is 10.0 Å². The molecule has 3 N–H and O–H groups in total. The summed E-state index contributed by atoms with van der Waals surface area (Å²) in [6.45, 7) is 4.19. The van der Waals surface area contributed by atoms with Gasteiger partial charge in [0.25, 0.3) is 0 Å². The van der Waals surface area contributed by atoms with E-state index in [9.17, 15) is 12.8 Å². The smallest absolute Gasteiger partial charge is 0.250 e. The van der Waals surface area contributed by atoms with Crippen LogP contribution in [-0.4, -0.2) is 34.5 Å². The van der Waals surface area contributed by atoms with Crippen molar-refractivity contribution in [3.05, 3.63) is 52.7 Å². The van der Waals surface area contributed by atoms with Gasteiger partial charge in [-0.25, -0.2) is 17.5 Å². The highest BCUT2D eigenvalue weighted by Gasteiger charge is 2.14. The first-order valence-electron chi connectivity index (χ1n) is 8.10. The maximum Gasteiger partial charge on any atom is 0.250 e. The minimum Gasteiger partial charge on any atom is -0.355 e. The van der Waals surface area contributed by atoms with E-state index in [2.05, 4.69) is 20.3 Å². The molecule has 0 saturated heterocycles. The van der Waals surface area contributed by atoms with Crippen LogP contribution in [0.25, 0.3) is 0 Å². The Kier molecular flexibility index (Phi) is 9.63. The Hall–Kier alpha value is -1.24. The van der Waals surface area contributed by atoms with Gasteiger partial charge in [0.2, 0.25) is 10.0 Å². The van der Waals surface area contributed by atoms with Gasteiger partial charge in [0.1, 0.15) is 10.0 Å². The summed E-state index contributed by atoms with van der Waals surface area (Å²) in [5.74, 6) is 0.260. The van der Waals surface area contributed by atoms with E-state index in [1.54, 1.807) is 37.6 Å². The molecule has 27 heavy (non-hydrogen) atoms. The second-order valence-electron chi connectivity index (χ2n) is 5.70. The van der Waals surface area contributed by atoms with Crippen molar-refractivity contribution in [2.75, 3.05) is 20.1 Å². The molecule has 10 heteroatoms. The molecule has 0 radical (unpaired) electrons. The molecular weight excluding hydrogens is 502 g/mol. The molecule has 0 bridgehead atoms. The Balaban J connectivity index is 0.00000364. The number of rotatable bonds is 7. The molecule has 0 aliphatic carbocycles. The van der Waals surface area contributed by atoms with Gasteiger partial charge < -0.3 is 10.6 Å². The number of hydrogen-bond donors (Lipinski definition) is 3. The van der Waals surface area contributed by atoms with Crippen molar-refractivity contribution >= 4 is 51.3 Å². The summed E-state index contributed by atoms with van der Waals surface area (Å²) in [4.78, 5) is 4.10. The van der Waals surface area contributed by atoms with E-state index in [1.165, 1.54) is 17.4 Å². The van der Waals surface area contributed by atoms with E-state index in [0.717, 1.165) is 5.56 Å². The highest BCUT2D eigenvalue weighted by atomic mass is 127. The Labute approximate surface area is 180 Å². The van der Waals surface area contributed by atoms with E-state index in [4.69, 9.17) is 0 Å². The number of aliphatic imine (C=N–C) groups is 1. The Morgan fingerprint density at radius 1 is 1.30 bits per heavy atom. The van der Waals surface area contributed by atoms with Gasteiger partial charge in [-0.3, -0.25) is 4.99 Å². The molecule has 1 heterocycles. The molecule has 0 fully saturated rings. The van der Waals surface area contributed by atoms with Gasteiger partial charge in [0.05, 0.1) is 6.04 Å².